The molecule has 0 bridgehead atoms. The molecule has 0 aliphatic carbocycles. The van der Waals surface area contributed by atoms with Crippen LogP contribution < -0.4 is 16.2 Å². The van der Waals surface area contributed by atoms with Gasteiger partial charge in [-0.15, -0.1) is 11.3 Å². The number of aromatic amines is 1. The van der Waals surface area contributed by atoms with Gasteiger partial charge in [-0.1, -0.05) is 18.2 Å². The van der Waals surface area contributed by atoms with Crippen LogP contribution in [0.4, 0.5) is 23.2 Å². The minimum Gasteiger partial charge on any atom is -0.383 e. The van der Waals surface area contributed by atoms with Crippen molar-refractivity contribution in [2.45, 2.75) is 30.9 Å². The summed E-state index contributed by atoms with van der Waals surface area (Å²) < 4.78 is 54.6. The summed E-state index contributed by atoms with van der Waals surface area (Å²) in [6.07, 6.45) is -5.08. The largest absolute Gasteiger partial charge is 0.393 e. The number of aliphatic hydroxyl groups is 1. The molecule has 5 nitrogen and oxygen atoms in total. The molecule has 1 fully saturated rings. The Kier molecular flexibility index (Phi) is 6.36. The zero-order valence-corrected chi connectivity index (χ0v) is 17.6. The van der Waals surface area contributed by atoms with Crippen LogP contribution in [0.1, 0.15) is 22.2 Å². The maximum atomic E-state index is 14.0. The predicted octanol–water partition coefficient (Wildman–Crippen LogP) is 4.16. The first-order chi connectivity index (χ1) is 15.2. The van der Waals surface area contributed by atoms with Crippen LogP contribution in [0, 0.1) is 0 Å². The maximum Gasteiger partial charge on any atom is 0.393 e. The number of fused-ring (bicyclic) bond motifs is 1. The van der Waals surface area contributed by atoms with Gasteiger partial charge in [-0.25, -0.2) is 4.39 Å². The Morgan fingerprint density at radius 1 is 1.22 bits per heavy atom. The highest BCUT2D eigenvalue weighted by molar-refractivity contribution is 7.20. The Balaban J connectivity index is 1.72. The summed E-state index contributed by atoms with van der Waals surface area (Å²) in [6.45, 7) is 0.650. The Hall–Kier alpha value is -2.69. The molecule has 170 valence electrons. The second kappa shape index (κ2) is 9.05. The lowest BCUT2D eigenvalue weighted by Crippen LogP contribution is -2.29. The third-order valence-corrected chi connectivity index (χ3v) is 6.49. The van der Waals surface area contributed by atoms with Gasteiger partial charge in [0.25, 0.3) is 0 Å². The van der Waals surface area contributed by atoms with Crippen LogP contribution in [0.3, 0.4) is 0 Å². The van der Waals surface area contributed by atoms with E-state index in [0.717, 1.165) is 11.3 Å². The molecule has 32 heavy (non-hydrogen) atoms. The first-order valence-electron chi connectivity index (χ1n) is 9.99. The molecule has 0 radical (unpaired) electrons. The van der Waals surface area contributed by atoms with Gasteiger partial charge in [-0.3, -0.25) is 4.79 Å². The summed E-state index contributed by atoms with van der Waals surface area (Å²) in [6, 6.07) is 8.80. The summed E-state index contributed by atoms with van der Waals surface area (Å²) in [4.78, 5) is 14.3. The Morgan fingerprint density at radius 2 is 2.00 bits per heavy atom. The summed E-state index contributed by atoms with van der Waals surface area (Å²) in [5, 5.41) is 16.8. The van der Waals surface area contributed by atoms with Crippen LogP contribution in [-0.2, 0) is 6.42 Å². The minimum atomic E-state index is -4.43. The van der Waals surface area contributed by atoms with E-state index >= 15 is 0 Å². The normalized spacial score (nSPS) is 20.3. The van der Waals surface area contributed by atoms with Crippen molar-refractivity contribution >= 4 is 33.2 Å². The number of thiophene rings is 1. The van der Waals surface area contributed by atoms with Crippen molar-refractivity contribution < 1.29 is 22.7 Å². The quantitative estimate of drug-likeness (QED) is 0.411. The average Bonchev–Trinajstić information content (AvgIpc) is 3.29. The van der Waals surface area contributed by atoms with E-state index in [-0.39, 0.29) is 17.8 Å². The van der Waals surface area contributed by atoms with E-state index in [4.69, 9.17) is 0 Å². The number of aromatic nitrogens is 1. The highest BCUT2D eigenvalue weighted by Gasteiger charge is 2.32. The van der Waals surface area contributed by atoms with Crippen molar-refractivity contribution in [2.75, 3.05) is 18.4 Å². The molecular formula is C22H21F4N3O2S. The summed E-state index contributed by atoms with van der Waals surface area (Å²) >= 11 is 1.14. The van der Waals surface area contributed by atoms with Gasteiger partial charge in [-0.05, 0) is 35.2 Å². The lowest BCUT2D eigenvalue weighted by Gasteiger charge is -2.16. The SMILES string of the molecule is O=c1cccc(C(O)/C=C/c2sc3c(N[C@@H]4CNC[C@@H]4F)cccc3c2CC(F)(F)F)[nH]1. The molecule has 0 spiro atoms. The molecule has 0 amide bonds. The van der Waals surface area contributed by atoms with Crippen molar-refractivity contribution in [2.24, 2.45) is 0 Å². The molecule has 3 atom stereocenters. The van der Waals surface area contributed by atoms with Gasteiger partial charge in [-0.2, -0.15) is 13.2 Å². The zero-order chi connectivity index (χ0) is 22.9. The standard InChI is InChI=1S/C22H21F4N3O2S/c23-14-10-27-11-17(14)28-16-5-1-3-12-13(9-22(24,25)26)19(32-21(12)16)8-7-18(30)15-4-2-6-20(31)29-15/h1-8,14,17-18,27-28,30H,9-11H2,(H,29,31)/b8-7+/t14-,17+,18?/m0/s1. The second-order valence-corrected chi connectivity index (χ2v) is 8.67. The number of aliphatic hydroxyl groups excluding tert-OH is 1. The van der Waals surface area contributed by atoms with Crippen LogP contribution >= 0.6 is 11.3 Å². The number of pyridine rings is 1. The number of H-pyrrole nitrogens is 1. The van der Waals surface area contributed by atoms with Crippen molar-refractivity contribution in [3.8, 4) is 0 Å². The molecular weight excluding hydrogens is 446 g/mol. The van der Waals surface area contributed by atoms with Gasteiger partial charge < -0.3 is 20.7 Å². The van der Waals surface area contributed by atoms with Crippen LogP contribution in [0.25, 0.3) is 16.2 Å². The van der Waals surface area contributed by atoms with Crippen LogP contribution in [0.5, 0.6) is 0 Å². The summed E-state index contributed by atoms with van der Waals surface area (Å²) in [5.74, 6) is 0. The summed E-state index contributed by atoms with van der Waals surface area (Å²) in [5.41, 5.74) is 0.502. The molecule has 1 aliphatic rings. The lowest BCUT2D eigenvalue weighted by molar-refractivity contribution is -0.126. The predicted molar refractivity (Wildman–Crippen MR) is 118 cm³/mol. The van der Waals surface area contributed by atoms with Crippen LogP contribution in [0.2, 0.25) is 0 Å². The molecule has 1 aliphatic heterocycles. The van der Waals surface area contributed by atoms with E-state index in [9.17, 15) is 27.5 Å². The molecule has 0 saturated carbocycles. The number of rotatable bonds is 6. The fraction of sp³-hybridized carbons (Fsp3) is 0.318. The van der Waals surface area contributed by atoms with E-state index in [0.29, 0.717) is 27.2 Å². The van der Waals surface area contributed by atoms with Crippen LogP contribution in [-0.4, -0.2) is 41.6 Å². The third-order valence-electron chi connectivity index (χ3n) is 5.25. The second-order valence-electron chi connectivity index (χ2n) is 7.62. The number of alkyl halides is 4. The Bertz CT molecular complexity index is 1190. The highest BCUT2D eigenvalue weighted by Crippen LogP contribution is 2.40. The topological polar surface area (TPSA) is 77.2 Å². The number of hydrogen-bond acceptors (Lipinski definition) is 5. The zero-order valence-electron chi connectivity index (χ0n) is 16.7. The Morgan fingerprint density at radius 3 is 2.69 bits per heavy atom. The van der Waals surface area contributed by atoms with Gasteiger partial charge in [0.05, 0.1) is 28.5 Å². The first-order valence-corrected chi connectivity index (χ1v) is 10.8. The van der Waals surface area contributed by atoms with Crippen LogP contribution in [0.15, 0.2) is 47.3 Å². The number of halogens is 4. The molecule has 2 aromatic heterocycles. The maximum absolute atomic E-state index is 14.0. The molecule has 4 N–H and O–H groups in total. The molecule has 3 aromatic rings. The van der Waals surface area contributed by atoms with Gasteiger partial charge in [0.15, 0.2) is 0 Å². The van der Waals surface area contributed by atoms with Crippen molar-refractivity contribution in [3.63, 3.8) is 0 Å². The van der Waals surface area contributed by atoms with E-state index < -0.39 is 36.5 Å². The highest BCUT2D eigenvalue weighted by atomic mass is 32.1. The number of hydrogen-bond donors (Lipinski definition) is 4. The van der Waals surface area contributed by atoms with Gasteiger partial charge in [0, 0.05) is 24.0 Å². The number of anilines is 1. The molecule has 1 unspecified atom stereocenters. The molecule has 10 heteroatoms. The lowest BCUT2D eigenvalue weighted by atomic mass is 10.1. The Labute approximate surface area is 184 Å². The smallest absolute Gasteiger partial charge is 0.383 e. The van der Waals surface area contributed by atoms with E-state index in [1.807, 2.05) is 0 Å². The van der Waals surface area contributed by atoms with Gasteiger partial charge in [0.2, 0.25) is 5.56 Å². The monoisotopic (exact) mass is 467 g/mol. The van der Waals surface area contributed by atoms with Crippen molar-refractivity contribution in [1.82, 2.24) is 10.3 Å². The number of nitrogens with one attached hydrogen (secondary N) is 3. The van der Waals surface area contributed by atoms with E-state index in [2.05, 4.69) is 15.6 Å². The van der Waals surface area contributed by atoms with Crippen molar-refractivity contribution in [1.29, 1.82) is 0 Å². The molecule has 1 aromatic carbocycles. The third kappa shape index (κ3) is 5.03. The number of benzene rings is 1. The van der Waals surface area contributed by atoms with Gasteiger partial charge in [0.1, 0.15) is 12.3 Å². The minimum absolute atomic E-state index is 0.0903. The molecule has 1 saturated heterocycles. The van der Waals surface area contributed by atoms with E-state index in [1.54, 1.807) is 18.2 Å². The fourth-order valence-corrected chi connectivity index (χ4v) is 4.94. The summed E-state index contributed by atoms with van der Waals surface area (Å²) in [7, 11) is 0. The first kappa shape index (κ1) is 22.5. The van der Waals surface area contributed by atoms with Crippen molar-refractivity contribution in [3.05, 3.63) is 69.0 Å². The fourth-order valence-electron chi connectivity index (χ4n) is 3.73. The molecule has 4 rings (SSSR count). The average molecular weight is 467 g/mol. The molecule has 3 heterocycles. The van der Waals surface area contributed by atoms with Gasteiger partial charge >= 0.3 is 6.18 Å². The van der Waals surface area contributed by atoms with E-state index in [1.165, 1.54) is 30.4 Å².